The van der Waals surface area contributed by atoms with Crippen molar-refractivity contribution in [2.24, 2.45) is 0 Å². The van der Waals surface area contributed by atoms with Crippen LogP contribution in [-0.4, -0.2) is 41.9 Å². The monoisotopic (exact) mass is 433 g/mol. The first-order valence-corrected chi connectivity index (χ1v) is 10.3. The lowest BCUT2D eigenvalue weighted by Crippen LogP contribution is -2.53. The van der Waals surface area contributed by atoms with Crippen LogP contribution in [0, 0.1) is 6.92 Å². The van der Waals surface area contributed by atoms with Gasteiger partial charge in [0.2, 0.25) is 0 Å². The lowest BCUT2D eigenvalue weighted by molar-refractivity contribution is -0.136. The van der Waals surface area contributed by atoms with Crippen LogP contribution in [0.25, 0.3) is 0 Å². The molecule has 7 heteroatoms. The van der Waals surface area contributed by atoms with Gasteiger partial charge in [-0.25, -0.2) is 0 Å². The van der Waals surface area contributed by atoms with E-state index in [4.69, 9.17) is 32.7 Å². The van der Waals surface area contributed by atoms with Crippen molar-refractivity contribution in [2.45, 2.75) is 31.8 Å². The molecule has 0 radical (unpaired) electrons. The quantitative estimate of drug-likeness (QED) is 0.703. The Labute approximate surface area is 179 Å². The van der Waals surface area contributed by atoms with Crippen molar-refractivity contribution < 1.29 is 19.1 Å². The van der Waals surface area contributed by atoms with Crippen LogP contribution in [0.1, 0.15) is 35.2 Å². The molecule has 2 heterocycles. The Bertz CT molecular complexity index is 967. The van der Waals surface area contributed by atoms with E-state index in [2.05, 4.69) is 0 Å². The molecule has 2 aromatic carbocycles. The van der Waals surface area contributed by atoms with Gasteiger partial charge in [-0.3, -0.25) is 9.59 Å². The number of benzene rings is 2. The number of carbonyl (C=O) groups excluding carboxylic acids is 2. The maximum atomic E-state index is 12.7. The summed E-state index contributed by atoms with van der Waals surface area (Å²) in [4.78, 5) is 27.0. The van der Waals surface area contributed by atoms with E-state index in [1.54, 1.807) is 17.0 Å². The second kappa shape index (κ2) is 7.88. The van der Waals surface area contributed by atoms with E-state index in [9.17, 15) is 9.59 Å². The molecule has 0 aliphatic carbocycles. The van der Waals surface area contributed by atoms with Crippen LogP contribution in [0.4, 0.5) is 0 Å². The first-order valence-electron chi connectivity index (χ1n) is 9.54. The smallest absolute Gasteiger partial charge is 0.260 e. The molecule has 0 N–H and O–H groups in total. The van der Waals surface area contributed by atoms with E-state index in [0.29, 0.717) is 53.0 Å². The third kappa shape index (κ3) is 4.07. The molecule has 0 aromatic heterocycles. The number of nitrogens with zero attached hydrogens (tertiary/aromatic N) is 1. The number of likely N-dealkylation sites (tertiary alicyclic amines) is 1. The summed E-state index contributed by atoms with van der Waals surface area (Å²) in [6.07, 6.45) is 1.39. The molecule has 0 saturated carbocycles. The Hall–Kier alpha value is -2.24. The molecule has 2 aliphatic rings. The number of amides is 1. The van der Waals surface area contributed by atoms with E-state index in [-0.39, 0.29) is 24.7 Å². The molecule has 1 spiro atoms. The number of aryl methyl sites for hydroxylation is 1. The summed E-state index contributed by atoms with van der Waals surface area (Å²) in [6, 6.07) is 10.8. The van der Waals surface area contributed by atoms with Crippen LogP contribution in [0.15, 0.2) is 36.4 Å². The van der Waals surface area contributed by atoms with Crippen molar-refractivity contribution in [3.05, 3.63) is 57.6 Å². The third-order valence-electron chi connectivity index (χ3n) is 5.58. The van der Waals surface area contributed by atoms with Gasteiger partial charge in [-0.15, -0.1) is 0 Å². The van der Waals surface area contributed by atoms with Crippen molar-refractivity contribution in [3.8, 4) is 11.5 Å². The summed E-state index contributed by atoms with van der Waals surface area (Å²) >= 11 is 12.3. The second-order valence-electron chi connectivity index (χ2n) is 7.58. The minimum Gasteiger partial charge on any atom is -0.484 e. The van der Waals surface area contributed by atoms with Crippen LogP contribution in [0.2, 0.25) is 10.0 Å². The number of hydrogen-bond acceptors (Lipinski definition) is 4. The molecule has 2 aromatic rings. The van der Waals surface area contributed by atoms with Crippen LogP contribution in [0.5, 0.6) is 11.5 Å². The average molecular weight is 434 g/mol. The van der Waals surface area contributed by atoms with Gasteiger partial charge in [0, 0.05) is 31.0 Å². The summed E-state index contributed by atoms with van der Waals surface area (Å²) in [5, 5.41) is 0.751. The number of rotatable bonds is 3. The summed E-state index contributed by atoms with van der Waals surface area (Å²) in [7, 11) is 0. The summed E-state index contributed by atoms with van der Waals surface area (Å²) < 4.78 is 11.9. The molecule has 5 nitrogen and oxygen atoms in total. The van der Waals surface area contributed by atoms with Crippen molar-refractivity contribution in [3.63, 3.8) is 0 Å². The van der Waals surface area contributed by atoms with Crippen LogP contribution in [0.3, 0.4) is 0 Å². The zero-order valence-electron chi connectivity index (χ0n) is 16.0. The van der Waals surface area contributed by atoms with Crippen molar-refractivity contribution >= 4 is 34.9 Å². The average Bonchev–Trinajstić information content (AvgIpc) is 2.69. The highest BCUT2D eigenvalue weighted by Crippen LogP contribution is 2.44. The third-order valence-corrected chi connectivity index (χ3v) is 6.08. The van der Waals surface area contributed by atoms with Crippen LogP contribution in [-0.2, 0) is 4.79 Å². The van der Waals surface area contributed by atoms with Gasteiger partial charge in [-0.1, -0.05) is 41.4 Å². The van der Waals surface area contributed by atoms with Gasteiger partial charge in [0.15, 0.2) is 12.4 Å². The minimum atomic E-state index is -0.630. The predicted molar refractivity (Wildman–Crippen MR) is 111 cm³/mol. The number of piperidine rings is 1. The zero-order valence-corrected chi connectivity index (χ0v) is 17.6. The van der Waals surface area contributed by atoms with Gasteiger partial charge in [-0.2, -0.15) is 0 Å². The molecule has 1 amide bonds. The highest BCUT2D eigenvalue weighted by atomic mass is 35.5. The fourth-order valence-corrected chi connectivity index (χ4v) is 4.44. The maximum absolute atomic E-state index is 12.7. The van der Waals surface area contributed by atoms with E-state index in [1.165, 1.54) is 0 Å². The second-order valence-corrected chi connectivity index (χ2v) is 8.43. The number of halogens is 2. The molecule has 0 bridgehead atoms. The number of para-hydroxylation sites is 1. The highest BCUT2D eigenvalue weighted by Gasteiger charge is 2.44. The minimum absolute atomic E-state index is 0.00913. The molecule has 29 heavy (non-hydrogen) atoms. The van der Waals surface area contributed by atoms with Gasteiger partial charge in [0.05, 0.1) is 17.0 Å². The Balaban J connectivity index is 1.39. The van der Waals surface area contributed by atoms with Crippen LogP contribution >= 0.6 is 23.2 Å². The van der Waals surface area contributed by atoms with Gasteiger partial charge >= 0.3 is 0 Å². The highest BCUT2D eigenvalue weighted by molar-refractivity contribution is 6.36. The molecule has 2 aliphatic heterocycles. The zero-order chi connectivity index (χ0) is 20.6. The first-order chi connectivity index (χ1) is 13.9. The molecule has 0 atom stereocenters. The number of ketones is 1. The molecular formula is C22H21Cl2NO4. The maximum Gasteiger partial charge on any atom is 0.260 e. The number of hydrogen-bond donors (Lipinski definition) is 0. The topological polar surface area (TPSA) is 55.8 Å². The van der Waals surface area contributed by atoms with Crippen molar-refractivity contribution in [1.29, 1.82) is 0 Å². The van der Waals surface area contributed by atoms with Gasteiger partial charge in [-0.05, 0) is 30.7 Å². The fraction of sp³-hybridized carbons (Fsp3) is 0.364. The van der Waals surface area contributed by atoms with E-state index in [0.717, 1.165) is 5.56 Å². The summed E-state index contributed by atoms with van der Waals surface area (Å²) in [6.45, 7) is 2.94. The summed E-state index contributed by atoms with van der Waals surface area (Å²) in [5.41, 5.74) is 0.788. The Morgan fingerprint density at radius 3 is 2.66 bits per heavy atom. The predicted octanol–water partition coefficient (Wildman–Crippen LogP) is 4.71. The molecular weight excluding hydrogens is 413 g/mol. The molecule has 4 rings (SSSR count). The standard InChI is InChI=1S/C22H21Cl2NO4/c1-14-4-2-3-5-19(14)28-13-20(27)25-8-6-22(7-9-25)12-18(26)16-10-15(23)11-17(24)21(16)29-22/h2-5,10-11H,6-9,12-13H2,1H3. The first kappa shape index (κ1) is 20.0. The number of Topliss-reactive ketones (excluding diaryl/α,β-unsaturated/α-hetero) is 1. The molecule has 152 valence electrons. The fourth-order valence-electron chi connectivity index (χ4n) is 3.90. The number of carbonyl (C=O) groups is 2. The Morgan fingerprint density at radius 1 is 1.21 bits per heavy atom. The summed E-state index contributed by atoms with van der Waals surface area (Å²) in [5.74, 6) is 1.00. The molecule has 0 unspecified atom stereocenters. The lowest BCUT2D eigenvalue weighted by atomic mass is 9.82. The van der Waals surface area contributed by atoms with Gasteiger partial charge in [0.25, 0.3) is 5.91 Å². The van der Waals surface area contributed by atoms with E-state index in [1.807, 2.05) is 31.2 Å². The van der Waals surface area contributed by atoms with E-state index < -0.39 is 5.60 Å². The Morgan fingerprint density at radius 2 is 1.93 bits per heavy atom. The number of fused-ring (bicyclic) bond motifs is 1. The van der Waals surface area contributed by atoms with Crippen molar-refractivity contribution in [1.82, 2.24) is 4.90 Å². The number of ether oxygens (including phenoxy) is 2. The molecule has 1 fully saturated rings. The van der Waals surface area contributed by atoms with E-state index >= 15 is 0 Å². The lowest BCUT2D eigenvalue weighted by Gasteiger charge is -2.44. The normalized spacial score (nSPS) is 17.6. The van der Waals surface area contributed by atoms with Gasteiger partial charge in [0.1, 0.15) is 17.1 Å². The molecule has 1 saturated heterocycles. The van der Waals surface area contributed by atoms with Gasteiger partial charge < -0.3 is 14.4 Å². The largest absolute Gasteiger partial charge is 0.484 e. The van der Waals surface area contributed by atoms with Crippen molar-refractivity contribution in [2.75, 3.05) is 19.7 Å². The Kier molecular flexibility index (Phi) is 5.45. The SMILES string of the molecule is Cc1ccccc1OCC(=O)N1CCC2(CC1)CC(=O)c1cc(Cl)cc(Cl)c1O2. The van der Waals surface area contributed by atoms with Crippen LogP contribution < -0.4 is 9.47 Å².